The number of rotatable bonds is 0. The zero-order valence-corrected chi connectivity index (χ0v) is 5.78. The molecule has 0 saturated carbocycles. The van der Waals surface area contributed by atoms with E-state index in [1.165, 1.54) is 0 Å². The number of alkyl halides is 4. The molecule has 0 spiro atoms. The fourth-order valence-electron chi connectivity index (χ4n) is 0.760. The second kappa shape index (κ2) is 2.31. The molecule has 1 saturated heterocycles. The van der Waals surface area contributed by atoms with E-state index >= 15 is 0 Å². The van der Waals surface area contributed by atoms with E-state index in [9.17, 15) is 17.6 Å². The fraction of sp³-hybridized carbons (Fsp3) is 1.00. The Kier molecular flexibility index (Phi) is 1.84. The van der Waals surface area contributed by atoms with Gasteiger partial charge >= 0.3 is 12.2 Å². The van der Waals surface area contributed by atoms with Crippen LogP contribution in [-0.2, 0) is 4.74 Å². The van der Waals surface area contributed by atoms with Gasteiger partial charge in [0.05, 0.1) is 6.61 Å². The average molecular weight is 173 g/mol. The van der Waals surface area contributed by atoms with Crippen LogP contribution in [0.1, 0.15) is 0 Å². The molecule has 0 N–H and O–H groups in total. The molecule has 1 aliphatic rings. The third kappa shape index (κ3) is 1.20. The van der Waals surface area contributed by atoms with Gasteiger partial charge in [0, 0.05) is 6.54 Å². The molecule has 0 unspecified atom stereocenters. The van der Waals surface area contributed by atoms with Crippen molar-refractivity contribution >= 4 is 0 Å². The number of hydrogen-bond donors (Lipinski definition) is 0. The molecular weight excluding hydrogens is 166 g/mol. The van der Waals surface area contributed by atoms with Crippen molar-refractivity contribution in [2.75, 3.05) is 20.2 Å². The lowest BCUT2D eigenvalue weighted by atomic mass is 10.4. The predicted octanol–water partition coefficient (Wildman–Crippen LogP) is 1.13. The van der Waals surface area contributed by atoms with Gasteiger partial charge in [-0.1, -0.05) is 0 Å². The normalized spacial score (nSPS) is 30.3. The Morgan fingerprint density at radius 2 is 1.82 bits per heavy atom. The Balaban J connectivity index is 2.82. The molecule has 0 aromatic heterocycles. The van der Waals surface area contributed by atoms with E-state index in [0.29, 0.717) is 0 Å². The molecule has 6 heteroatoms. The van der Waals surface area contributed by atoms with Crippen molar-refractivity contribution in [1.82, 2.24) is 4.90 Å². The standard InChI is InChI=1S/C5H7F4NO/c1-10-2-3-11-5(8,9)4(10,6)7/h2-3H2,1H3. The van der Waals surface area contributed by atoms with E-state index in [1.807, 2.05) is 0 Å². The summed E-state index contributed by atoms with van der Waals surface area (Å²) >= 11 is 0. The zero-order chi connectivity index (χ0) is 8.70. The van der Waals surface area contributed by atoms with E-state index in [2.05, 4.69) is 4.74 Å². The van der Waals surface area contributed by atoms with Crippen molar-refractivity contribution in [3.63, 3.8) is 0 Å². The summed E-state index contributed by atoms with van der Waals surface area (Å²) < 4.78 is 52.9. The highest BCUT2D eigenvalue weighted by Gasteiger charge is 2.62. The van der Waals surface area contributed by atoms with Gasteiger partial charge in [0.1, 0.15) is 0 Å². The fourth-order valence-corrected chi connectivity index (χ4v) is 0.760. The van der Waals surface area contributed by atoms with Crippen LogP contribution in [0.5, 0.6) is 0 Å². The Labute approximate surface area is 60.7 Å². The van der Waals surface area contributed by atoms with E-state index in [-0.39, 0.29) is 18.1 Å². The van der Waals surface area contributed by atoms with Gasteiger partial charge in [-0.2, -0.15) is 17.6 Å². The maximum absolute atomic E-state index is 12.4. The quantitative estimate of drug-likeness (QED) is 0.402. The first-order valence-electron chi connectivity index (χ1n) is 2.99. The maximum Gasteiger partial charge on any atom is 0.434 e. The topological polar surface area (TPSA) is 12.5 Å². The van der Waals surface area contributed by atoms with Gasteiger partial charge < -0.3 is 4.74 Å². The molecule has 0 bridgehead atoms. The van der Waals surface area contributed by atoms with Crippen LogP contribution >= 0.6 is 0 Å². The Morgan fingerprint density at radius 3 is 2.18 bits per heavy atom. The van der Waals surface area contributed by atoms with Crippen LogP contribution in [0.3, 0.4) is 0 Å². The SMILES string of the molecule is CN1CCOC(F)(F)C1(F)F. The minimum atomic E-state index is -4.36. The Morgan fingerprint density at radius 1 is 1.27 bits per heavy atom. The molecule has 1 heterocycles. The summed E-state index contributed by atoms with van der Waals surface area (Å²) in [5.74, 6) is 0. The Bertz CT molecular complexity index is 161. The van der Waals surface area contributed by atoms with Crippen LogP contribution in [0.25, 0.3) is 0 Å². The van der Waals surface area contributed by atoms with Gasteiger partial charge in [0.25, 0.3) is 0 Å². The molecule has 11 heavy (non-hydrogen) atoms. The van der Waals surface area contributed by atoms with Gasteiger partial charge in [-0.25, -0.2) is 4.90 Å². The summed E-state index contributed by atoms with van der Waals surface area (Å²) in [5.41, 5.74) is 0. The summed E-state index contributed by atoms with van der Waals surface area (Å²) in [4.78, 5) is 0.274. The molecule has 2 nitrogen and oxygen atoms in total. The van der Waals surface area contributed by atoms with Gasteiger partial charge in [0.15, 0.2) is 0 Å². The highest BCUT2D eigenvalue weighted by atomic mass is 19.3. The second-order valence-corrected chi connectivity index (χ2v) is 2.33. The van der Waals surface area contributed by atoms with Crippen molar-refractivity contribution in [1.29, 1.82) is 0 Å². The smallest absolute Gasteiger partial charge is 0.313 e. The molecule has 0 atom stereocenters. The van der Waals surface area contributed by atoms with Crippen molar-refractivity contribution in [3.8, 4) is 0 Å². The number of morpholine rings is 1. The minimum absolute atomic E-state index is 0.192. The van der Waals surface area contributed by atoms with Gasteiger partial charge in [0.2, 0.25) is 0 Å². The molecular formula is C5H7F4NO. The summed E-state index contributed by atoms with van der Waals surface area (Å²) in [6, 6.07) is -4.19. The predicted molar refractivity (Wildman–Crippen MR) is 28.5 cm³/mol. The van der Waals surface area contributed by atoms with Crippen LogP contribution in [0, 0.1) is 0 Å². The zero-order valence-electron chi connectivity index (χ0n) is 5.78. The molecule has 0 radical (unpaired) electrons. The van der Waals surface area contributed by atoms with Crippen LogP contribution < -0.4 is 0 Å². The molecule has 0 aliphatic carbocycles. The van der Waals surface area contributed by atoms with Gasteiger partial charge in [-0.05, 0) is 7.05 Å². The maximum atomic E-state index is 12.4. The first-order valence-corrected chi connectivity index (χ1v) is 2.99. The number of hydrogen-bond acceptors (Lipinski definition) is 2. The van der Waals surface area contributed by atoms with Crippen LogP contribution in [0.4, 0.5) is 17.6 Å². The largest absolute Gasteiger partial charge is 0.434 e. The summed E-state index contributed by atoms with van der Waals surface area (Å²) in [7, 11) is 0.927. The number of halogens is 4. The van der Waals surface area contributed by atoms with Crippen molar-refractivity contribution < 1.29 is 22.3 Å². The first kappa shape index (κ1) is 8.73. The second-order valence-electron chi connectivity index (χ2n) is 2.33. The molecule has 1 aliphatic heterocycles. The van der Waals surface area contributed by atoms with E-state index in [1.54, 1.807) is 0 Å². The molecule has 1 rings (SSSR count). The molecule has 66 valence electrons. The molecule has 1 fully saturated rings. The third-order valence-electron chi connectivity index (χ3n) is 1.54. The van der Waals surface area contributed by atoms with Crippen molar-refractivity contribution in [2.24, 2.45) is 0 Å². The average Bonchev–Trinajstić information content (AvgIpc) is 1.84. The number of nitrogens with zero attached hydrogens (tertiary/aromatic N) is 1. The lowest BCUT2D eigenvalue weighted by Crippen LogP contribution is -2.59. The van der Waals surface area contributed by atoms with Crippen molar-refractivity contribution in [3.05, 3.63) is 0 Å². The van der Waals surface area contributed by atoms with Gasteiger partial charge in [-0.15, -0.1) is 0 Å². The van der Waals surface area contributed by atoms with Gasteiger partial charge in [-0.3, -0.25) is 0 Å². The number of ether oxygens (including phenoxy) is 1. The van der Waals surface area contributed by atoms with E-state index in [4.69, 9.17) is 0 Å². The Hall–Kier alpha value is -0.360. The monoisotopic (exact) mass is 173 g/mol. The molecule has 0 aromatic rings. The van der Waals surface area contributed by atoms with E-state index in [0.717, 1.165) is 7.05 Å². The number of likely N-dealkylation sites (N-methyl/N-ethyl adjacent to an activating group) is 1. The molecule has 0 aromatic carbocycles. The molecule has 0 amide bonds. The van der Waals surface area contributed by atoms with Crippen LogP contribution in [0.15, 0.2) is 0 Å². The first-order chi connectivity index (χ1) is 4.88. The lowest BCUT2D eigenvalue weighted by molar-refractivity contribution is -0.410. The summed E-state index contributed by atoms with van der Waals surface area (Å²) in [5, 5.41) is 0. The van der Waals surface area contributed by atoms with Crippen LogP contribution in [-0.4, -0.2) is 37.3 Å². The van der Waals surface area contributed by atoms with Crippen molar-refractivity contribution in [2.45, 2.75) is 12.2 Å². The summed E-state index contributed by atoms with van der Waals surface area (Å²) in [6.45, 7) is -0.568. The highest BCUT2D eigenvalue weighted by molar-refractivity contribution is 4.79. The van der Waals surface area contributed by atoms with Crippen LogP contribution in [0.2, 0.25) is 0 Å². The van der Waals surface area contributed by atoms with E-state index < -0.39 is 12.2 Å². The summed E-state index contributed by atoms with van der Waals surface area (Å²) in [6.07, 6.45) is -4.36. The third-order valence-corrected chi connectivity index (χ3v) is 1.54. The lowest BCUT2D eigenvalue weighted by Gasteiger charge is -2.37. The highest BCUT2D eigenvalue weighted by Crippen LogP contribution is 2.39. The minimum Gasteiger partial charge on any atom is -0.313 e.